The molecule has 1 aliphatic heterocycles. The Kier molecular flexibility index (Phi) is 30.0. The summed E-state index contributed by atoms with van der Waals surface area (Å²) in [6.07, 6.45) is 50.6. The molecule has 1 saturated heterocycles. The molecule has 0 spiro atoms. The van der Waals surface area contributed by atoms with E-state index in [9.17, 15) is 0 Å². The fraction of sp³-hybridized carbons (Fsp3) is 0.430. The second kappa shape index (κ2) is 42.9. The first-order chi connectivity index (χ1) is 63.4. The molecule has 14 N–H and O–H groups in total. The normalized spacial score (nSPS) is 18.0. The molecule has 0 bridgehead atoms. The molecular weight excluding hydrogens is 1690 g/mol. The molecule has 7 fully saturated rings. The number of nitrogens with two attached hydrogens (primary N) is 7. The predicted octanol–water partition coefficient (Wildman–Crippen LogP) is 19.1. The van der Waals surface area contributed by atoms with Crippen molar-refractivity contribution in [3.05, 3.63) is 224 Å². The minimum atomic E-state index is 0.250. The maximum Gasteiger partial charge on any atom is 0.373 e. The van der Waals surface area contributed by atoms with Crippen LogP contribution in [0, 0.1) is 20.8 Å². The van der Waals surface area contributed by atoms with Crippen LogP contribution in [0.1, 0.15) is 283 Å². The Labute approximate surface area is 767 Å². The third-order valence-corrected chi connectivity index (χ3v) is 27.7. The van der Waals surface area contributed by atoms with Crippen molar-refractivity contribution in [2.45, 2.75) is 249 Å². The molecule has 15 aromatic rings. The van der Waals surface area contributed by atoms with Crippen molar-refractivity contribution in [2.75, 3.05) is 60.7 Å². The number of morpholine rings is 1. The minimum absolute atomic E-state index is 0.250. The van der Waals surface area contributed by atoms with Crippen LogP contribution in [0.5, 0.6) is 0 Å². The molecule has 6 saturated carbocycles. The minimum Gasteiger partial charge on any atom is -0.384 e. The van der Waals surface area contributed by atoms with E-state index in [-0.39, 0.29) is 6.15 Å². The fourth-order valence-corrected chi connectivity index (χ4v) is 20.3. The number of hydrogen-bond acceptors (Lipinski definition) is 23. The second-order valence-electron chi connectivity index (χ2n) is 36.1. The lowest BCUT2D eigenvalue weighted by atomic mass is 9.87. The molecule has 30 heteroatoms. The van der Waals surface area contributed by atoms with E-state index in [4.69, 9.17) is 79.4 Å². The first-order valence-electron chi connectivity index (χ1n) is 46.8. The van der Waals surface area contributed by atoms with E-state index in [0.717, 1.165) is 175 Å². The van der Waals surface area contributed by atoms with Crippen LogP contribution in [-0.2, 0) is 20.9 Å². The molecule has 0 radical (unpaired) electrons. The highest BCUT2D eigenvalue weighted by Gasteiger charge is 2.30. The Hall–Kier alpha value is -12.3. The highest BCUT2D eigenvalue weighted by atomic mass is 79.9. The number of benzene rings is 3. The number of nitrogen functional groups attached to an aromatic ring is 6. The quantitative estimate of drug-likeness (QED) is 0.0597. The van der Waals surface area contributed by atoms with Gasteiger partial charge in [-0.25, -0.2) is 29.9 Å². The molecule has 130 heavy (non-hydrogen) atoms. The maximum atomic E-state index is 8.12. The lowest BCUT2D eigenvalue weighted by Crippen LogP contribution is -2.35. The van der Waals surface area contributed by atoms with Crippen LogP contribution < -0.4 is 40.1 Å². The van der Waals surface area contributed by atoms with Crippen LogP contribution in [0.3, 0.4) is 0 Å². The Balaban J connectivity index is 0.000000114. The average molecular weight is 1820 g/mol. The Morgan fingerprint density at radius 3 is 1.28 bits per heavy atom. The summed E-state index contributed by atoms with van der Waals surface area (Å²) in [5.74, 6) is 7.18. The van der Waals surface area contributed by atoms with Gasteiger partial charge in [-0.15, -0.1) is 0 Å². The van der Waals surface area contributed by atoms with Crippen molar-refractivity contribution in [2.24, 2.45) is 5.73 Å². The summed E-state index contributed by atoms with van der Waals surface area (Å²) in [7, 11) is 0. The highest BCUT2D eigenvalue weighted by Crippen LogP contribution is 2.42. The number of fused-ring (bicyclic) bond motifs is 6. The Morgan fingerprint density at radius 2 is 0.785 bits per heavy atom. The maximum absolute atomic E-state index is 8.12. The number of aromatic nitrogens is 18. The fourth-order valence-electron chi connectivity index (χ4n) is 19.7. The van der Waals surface area contributed by atoms with Gasteiger partial charge in [0.1, 0.15) is 34.9 Å². The van der Waals surface area contributed by atoms with E-state index < -0.39 is 0 Å². The summed E-state index contributed by atoms with van der Waals surface area (Å²) in [6, 6.07) is 39.2. The summed E-state index contributed by atoms with van der Waals surface area (Å²) in [5, 5.41) is 26.2. The van der Waals surface area contributed by atoms with Gasteiger partial charge in [-0.2, -0.15) is 67.3 Å². The van der Waals surface area contributed by atoms with Gasteiger partial charge < -0.3 is 44.9 Å². The number of ether oxygens (including phenoxy) is 1. The summed E-state index contributed by atoms with van der Waals surface area (Å²) < 4.78 is 16.8. The average Bonchev–Trinajstić information content (AvgIpc) is 1.58. The zero-order valence-electron chi connectivity index (χ0n) is 75.1. The number of carbonyl (C=O) groups excluding carboxylic acids is 2. The van der Waals surface area contributed by atoms with Crippen LogP contribution in [0.2, 0.25) is 0 Å². The molecule has 29 nitrogen and oxygen atoms in total. The molecule has 7 aliphatic rings. The zero-order valence-corrected chi connectivity index (χ0v) is 76.7. The number of rotatable bonds is 12. The summed E-state index contributed by atoms with van der Waals surface area (Å²) in [6.45, 7) is 10.5. The number of halogens is 1. The molecule has 12 aromatic heterocycles. The summed E-state index contributed by atoms with van der Waals surface area (Å²) in [4.78, 5) is 47.8. The first kappa shape index (κ1) is 91.0. The summed E-state index contributed by atoms with van der Waals surface area (Å²) >= 11 is 3.60. The SMILES string of the molecule is Cc1cccc(-c2cnn3c(N)cc(C4CCCCC4)nc23)c1.Cc1cnn2c(N)c(Br)c(C3CCCCC3)nc12.Cc1cnn2c(N)cc(C3CC[C@@H](N)C3)nc12.Nc1cc(C2CCCCC2)nc2c(-c3ccccc3)cnn12.Nc1cc(C2CCCCC2)nc2c(/C=C/c3ccccc3)cnn12.Nc1cc(C2CCCCC2)nc2c(CN3CCOCC3)cnn12.O=C=O. The van der Waals surface area contributed by atoms with Crippen LogP contribution in [0.4, 0.5) is 34.9 Å². The number of hydrogen-bond donors (Lipinski definition) is 7. The lowest BCUT2D eigenvalue weighted by Gasteiger charge is -2.26. The molecule has 22 rings (SSSR count). The van der Waals surface area contributed by atoms with E-state index in [1.165, 1.54) is 166 Å². The van der Waals surface area contributed by atoms with Gasteiger partial charge in [-0.1, -0.05) is 193 Å². The predicted molar refractivity (Wildman–Crippen MR) is 517 cm³/mol. The van der Waals surface area contributed by atoms with E-state index in [2.05, 4.69) is 124 Å². The molecular formula is C100H123BrN26O3. The lowest BCUT2D eigenvalue weighted by molar-refractivity contribution is -0.191. The molecule has 1 unspecified atom stereocenters. The van der Waals surface area contributed by atoms with E-state index >= 15 is 0 Å². The molecule has 2 atom stereocenters. The number of aryl methyl sites for hydroxylation is 3. The molecule has 0 amide bonds. The number of nitrogens with zero attached hydrogens (tertiary/aromatic N) is 19. The van der Waals surface area contributed by atoms with E-state index in [0.29, 0.717) is 76.5 Å². The van der Waals surface area contributed by atoms with Crippen molar-refractivity contribution in [1.82, 2.24) is 92.5 Å². The van der Waals surface area contributed by atoms with Crippen molar-refractivity contribution in [3.8, 4) is 22.3 Å². The van der Waals surface area contributed by atoms with Crippen LogP contribution >= 0.6 is 15.9 Å². The molecule has 13 heterocycles. The van der Waals surface area contributed by atoms with Crippen LogP contribution in [-0.4, -0.2) is 131 Å². The van der Waals surface area contributed by atoms with Gasteiger partial charge in [0, 0.05) is 153 Å². The van der Waals surface area contributed by atoms with Gasteiger partial charge in [-0.05, 0) is 143 Å². The smallest absolute Gasteiger partial charge is 0.373 e. The van der Waals surface area contributed by atoms with Gasteiger partial charge in [0.25, 0.3) is 0 Å². The highest BCUT2D eigenvalue weighted by molar-refractivity contribution is 9.10. The van der Waals surface area contributed by atoms with Crippen molar-refractivity contribution in [1.29, 1.82) is 0 Å². The summed E-state index contributed by atoms with van der Waals surface area (Å²) in [5.41, 5.74) is 66.1. The first-order valence-corrected chi connectivity index (χ1v) is 47.6. The third kappa shape index (κ3) is 21.5. The second-order valence-corrected chi connectivity index (χ2v) is 36.9. The third-order valence-electron chi connectivity index (χ3n) is 26.8. The van der Waals surface area contributed by atoms with E-state index in [1.807, 2.05) is 112 Å². The Morgan fingerprint density at radius 1 is 0.392 bits per heavy atom. The van der Waals surface area contributed by atoms with Gasteiger partial charge in [0.15, 0.2) is 33.9 Å². The van der Waals surface area contributed by atoms with Crippen LogP contribution in [0.15, 0.2) is 157 Å². The molecule has 6 aliphatic carbocycles. The topological polar surface area (TPSA) is 410 Å². The Bertz CT molecular complexity index is 6370. The van der Waals surface area contributed by atoms with Gasteiger partial charge in [0.05, 0.1) is 60.6 Å². The monoisotopic (exact) mass is 1810 g/mol. The van der Waals surface area contributed by atoms with Gasteiger partial charge in [0.2, 0.25) is 0 Å². The van der Waals surface area contributed by atoms with Gasteiger partial charge >= 0.3 is 6.15 Å². The van der Waals surface area contributed by atoms with E-state index in [1.54, 1.807) is 33.3 Å². The number of anilines is 6. The van der Waals surface area contributed by atoms with Crippen molar-refractivity contribution in [3.63, 3.8) is 0 Å². The van der Waals surface area contributed by atoms with Crippen LogP contribution in [0.25, 0.3) is 68.3 Å². The van der Waals surface area contributed by atoms with Crippen molar-refractivity contribution < 1.29 is 14.3 Å². The molecule has 678 valence electrons. The zero-order chi connectivity index (χ0) is 90.2. The van der Waals surface area contributed by atoms with Crippen molar-refractivity contribution >= 4 is 103 Å². The standard InChI is InChI=1S/C20H22N4.C19H22N4.C18H20N4.C17H25N5O.C13H17BrN4.C12H17N5.CO2/c21-19-13-18(16-9-5-2-6-10-16)23-20-17(14-22-24(19)20)12-11-15-7-3-1-4-8-15;1-13-6-5-9-15(10-13)16-12-21-23-18(20)11-17(22-19(16)23)14-7-3-2-4-8-14;19-17-11-16(14-9-5-2-6-10-14)21-18-15(12-20-22(17)18)13-7-3-1-4-8-13;18-16-10-15(13-4-2-1-3-5-13)20-17-14(11-19-22(16)17)12-21-6-8-23-9-7-21;1-8-7-16-18-12(15)10(14)11(17-13(8)18)9-5-3-2-4-6-9;1-7-6-15-17-11(14)5-10(16-12(7)17)8-2-3-9(13)4-8;2-1-3/h1,3-4,7-8,11-14,16H,2,5-6,9-10,21H2;5-6,9-12,14H,2-4,7-8,20H2,1H3;1,3-4,7-8,11-12,14H,2,5-6,9-10,19H2;10-11,13H,1-9,12,18H2;7,9H,2-6,15H2,1H3;5-6,8-9H,2-4,13-14H2,1H3;/b12-11+;;;;;;/t;;;;;8?,9-;/m.....1./s1. The molecule has 3 aromatic carbocycles. The largest absolute Gasteiger partial charge is 0.384 e. The van der Waals surface area contributed by atoms with Gasteiger partial charge in [-0.3, -0.25) is 4.90 Å².